The van der Waals surface area contributed by atoms with Gasteiger partial charge in [-0.3, -0.25) is 29.1 Å². The van der Waals surface area contributed by atoms with Crippen molar-refractivity contribution in [2.75, 3.05) is 50.7 Å². The SMILES string of the molecule is C#Cc1c(F)ccc2cc(O)cc(-c3ncc4c(N5CC6CCC(C5)N6)nc(OC5CCN(C6CN(C(=O)C[C@H](NC(=O)[C@@H]7C[C@@H](O)CN7C(=O)[C@@H](NC(=O)C7(F)CC7)C(C)(C)C)c7ccc(-c8scnc8C)cc7)C6)CC5)nc4c3F)c12. The maximum atomic E-state index is 17.3. The van der Waals surface area contributed by atoms with Gasteiger partial charge < -0.3 is 45.6 Å². The van der Waals surface area contributed by atoms with Crippen LogP contribution in [0.5, 0.6) is 11.8 Å². The number of alkyl halides is 1. The molecule has 6 aromatic rings. The van der Waals surface area contributed by atoms with Gasteiger partial charge in [-0.25, -0.2) is 18.2 Å². The monoisotopic (exact) mass is 1150 g/mol. The van der Waals surface area contributed by atoms with Crippen LogP contribution in [0, 0.1) is 36.3 Å². The van der Waals surface area contributed by atoms with E-state index in [1.54, 1.807) is 31.2 Å². The van der Waals surface area contributed by atoms with Crippen LogP contribution in [0.3, 0.4) is 0 Å². The van der Waals surface area contributed by atoms with Gasteiger partial charge in [0, 0.05) is 87.5 Å². The van der Waals surface area contributed by atoms with Gasteiger partial charge in [-0.1, -0.05) is 57.0 Å². The van der Waals surface area contributed by atoms with Crippen LogP contribution in [0.25, 0.3) is 43.4 Å². The molecule has 1 aliphatic carbocycles. The Labute approximate surface area is 482 Å². The van der Waals surface area contributed by atoms with Crippen molar-refractivity contribution in [2.24, 2.45) is 5.41 Å². The average Bonchev–Trinajstić information content (AvgIpc) is 3.83. The quantitative estimate of drug-likeness (QED) is 0.0738. The third kappa shape index (κ3) is 11.0. The molecule has 6 atom stereocenters. The molecule has 6 fully saturated rings. The summed E-state index contributed by atoms with van der Waals surface area (Å²) in [6.07, 6.45) is 9.09. The second-order valence-electron chi connectivity index (χ2n) is 24.3. The van der Waals surface area contributed by atoms with Crippen LogP contribution in [0.4, 0.5) is 19.0 Å². The van der Waals surface area contributed by atoms with Crippen LogP contribution in [0.1, 0.15) is 95.0 Å². The van der Waals surface area contributed by atoms with Crippen molar-refractivity contribution in [3.63, 3.8) is 0 Å². The fraction of sp³-hybridized carbons (Fsp3) is 0.475. The minimum Gasteiger partial charge on any atom is -0.508 e. The zero-order chi connectivity index (χ0) is 58.2. The van der Waals surface area contributed by atoms with Crippen LogP contribution < -0.4 is 25.6 Å². The lowest BCUT2D eigenvalue weighted by Gasteiger charge is -2.47. The summed E-state index contributed by atoms with van der Waals surface area (Å²) in [6, 6.07) is 10.4. The zero-order valence-corrected chi connectivity index (χ0v) is 47.4. The summed E-state index contributed by atoms with van der Waals surface area (Å²) in [7, 11) is 0. The standard InChI is InChI=1S/C61H66F3N11O7S/c1-6-42-45(62)14-11-35-21-39(76)22-43(49(35)42)51-50(63)52-44(25-65-51)55(74-26-36-12-13-37(27-74)67-36)71-59(69-52)82-41-15-19-72(20-16-41)38-28-73(29-38)48(78)24-46(33-7-9-34(10-8-33)53-32(2)66-31-83-53)68-56(79)47-23-40(77)30-75(47)57(80)54(60(3,4)5)70-58(81)61(64)17-18-61/h1,7-11,14,21-22,25,31,36-38,40-41,46-47,54,67,76-77H,12-13,15-20,23-24,26-30H2,2-5H3,(H,68,79)(H,70,81)/t36?,37?,40-,46+,47+,54-/m1/s1. The molecule has 18 nitrogen and oxygen atoms in total. The molecule has 5 N–H and O–H groups in total. The van der Waals surface area contributed by atoms with Gasteiger partial charge in [0.1, 0.15) is 46.8 Å². The fourth-order valence-corrected chi connectivity index (χ4v) is 13.4. The second kappa shape index (κ2) is 21.9. The number of piperazine rings is 1. The number of aryl methyl sites for hydroxylation is 1. The molecule has 12 rings (SSSR count). The van der Waals surface area contributed by atoms with Crippen molar-refractivity contribution in [3.05, 3.63) is 88.7 Å². The van der Waals surface area contributed by atoms with Crippen LogP contribution in [-0.2, 0) is 19.2 Å². The van der Waals surface area contributed by atoms with Gasteiger partial charge in [0.15, 0.2) is 11.5 Å². The van der Waals surface area contributed by atoms with Gasteiger partial charge in [0.2, 0.25) is 17.7 Å². The number of anilines is 1. The molecule has 5 saturated heterocycles. The number of carbonyl (C=O) groups excluding carboxylic acids is 4. The van der Waals surface area contributed by atoms with Crippen molar-refractivity contribution in [1.82, 2.24) is 50.6 Å². The molecule has 8 heterocycles. The minimum atomic E-state index is -2.03. The van der Waals surface area contributed by atoms with Crippen LogP contribution in [-0.4, -0.2) is 162 Å². The maximum Gasteiger partial charge on any atom is 0.319 e. The number of piperidine rings is 1. The Morgan fingerprint density at radius 1 is 0.952 bits per heavy atom. The number of nitrogens with one attached hydrogen (secondary N) is 3. The third-order valence-electron chi connectivity index (χ3n) is 17.5. The number of terminal acetylenes is 1. The Hall–Kier alpha value is -7.45. The number of rotatable bonds is 14. The van der Waals surface area contributed by atoms with Crippen LogP contribution in [0.2, 0.25) is 0 Å². The van der Waals surface area contributed by atoms with Crippen molar-refractivity contribution >= 4 is 62.5 Å². The van der Waals surface area contributed by atoms with Crippen LogP contribution in [0.15, 0.2) is 60.2 Å². The number of aliphatic hydroxyl groups is 1. The summed E-state index contributed by atoms with van der Waals surface area (Å²) in [5, 5.41) is 32.0. The zero-order valence-electron chi connectivity index (χ0n) is 46.6. The first-order valence-corrected chi connectivity index (χ1v) is 29.4. The molecule has 434 valence electrons. The smallest absolute Gasteiger partial charge is 0.319 e. The van der Waals surface area contributed by atoms with Crippen LogP contribution >= 0.6 is 11.3 Å². The van der Waals surface area contributed by atoms with E-state index >= 15 is 8.78 Å². The Morgan fingerprint density at radius 3 is 2.34 bits per heavy atom. The number of β-amino-alcohol motifs (C(OH)–C–C–N with tert-alkyl or cyclic N) is 1. The summed E-state index contributed by atoms with van der Waals surface area (Å²) in [5.41, 5.74) is 1.17. The molecule has 1 saturated carbocycles. The lowest BCUT2D eigenvalue weighted by Crippen LogP contribution is -2.63. The van der Waals surface area contributed by atoms with E-state index in [0.29, 0.717) is 74.3 Å². The number of hydrogen-bond acceptors (Lipinski definition) is 15. The molecule has 6 aliphatic rings. The molecule has 3 aromatic heterocycles. The number of carbonyl (C=O) groups is 4. The molecule has 0 spiro atoms. The third-order valence-corrected chi connectivity index (χ3v) is 18.4. The first-order valence-electron chi connectivity index (χ1n) is 28.5. The highest BCUT2D eigenvalue weighted by molar-refractivity contribution is 7.13. The summed E-state index contributed by atoms with van der Waals surface area (Å²) >= 11 is 1.50. The Kier molecular flexibility index (Phi) is 14.8. The van der Waals surface area contributed by atoms with Gasteiger partial charge in [-0.15, -0.1) is 17.8 Å². The minimum absolute atomic E-state index is 0.00491. The topological polar surface area (TPSA) is 219 Å². The molecule has 22 heteroatoms. The molecule has 3 aromatic carbocycles. The second-order valence-corrected chi connectivity index (χ2v) is 25.2. The van der Waals surface area contributed by atoms with Crippen molar-refractivity contribution in [2.45, 2.75) is 133 Å². The number of aliphatic hydroxyl groups excluding tert-OH is 1. The van der Waals surface area contributed by atoms with E-state index in [4.69, 9.17) is 16.1 Å². The van der Waals surface area contributed by atoms with E-state index in [0.717, 1.165) is 29.0 Å². The number of phenols is 1. The van der Waals surface area contributed by atoms with E-state index < -0.39 is 64.7 Å². The molecule has 2 unspecified atom stereocenters. The number of benzene rings is 3. The molecular weight excluding hydrogens is 1090 g/mol. The highest BCUT2D eigenvalue weighted by Gasteiger charge is 2.54. The molecule has 0 radical (unpaired) electrons. The predicted octanol–water partition coefficient (Wildman–Crippen LogP) is 6.48. The fourth-order valence-electron chi connectivity index (χ4n) is 12.6. The number of hydrogen-bond donors (Lipinski definition) is 5. The normalized spacial score (nSPS) is 22.5. The van der Waals surface area contributed by atoms with Gasteiger partial charge in [0.25, 0.3) is 5.91 Å². The molecule has 5 aliphatic heterocycles. The number of pyridine rings is 1. The number of likely N-dealkylation sites (tertiary alicyclic amines) is 3. The highest BCUT2D eigenvalue weighted by atomic mass is 32.1. The summed E-state index contributed by atoms with van der Waals surface area (Å²) in [6.45, 7) is 10.4. The van der Waals surface area contributed by atoms with Gasteiger partial charge in [-0.2, -0.15) is 9.97 Å². The number of nitrogens with zero attached hydrogens (tertiary/aromatic N) is 8. The first kappa shape index (κ1) is 56.1. The first-order chi connectivity index (χ1) is 39.7. The average molecular weight is 1150 g/mol. The Bertz CT molecular complexity index is 3580. The molecule has 83 heavy (non-hydrogen) atoms. The van der Waals surface area contributed by atoms with Gasteiger partial charge in [0.05, 0.1) is 45.6 Å². The van der Waals surface area contributed by atoms with Gasteiger partial charge in [-0.05, 0) is 85.6 Å². The number of phenolic OH excluding ortho intramolecular Hbond substituents is 1. The predicted molar refractivity (Wildman–Crippen MR) is 306 cm³/mol. The number of amides is 4. The van der Waals surface area contributed by atoms with E-state index in [-0.39, 0.29) is 102 Å². The summed E-state index contributed by atoms with van der Waals surface area (Å²) in [4.78, 5) is 82.9. The molecular formula is C61H66F3N11O7S. The van der Waals surface area contributed by atoms with E-state index in [2.05, 4.69) is 46.6 Å². The number of aromatic nitrogens is 4. The molecule has 4 amide bonds. The summed E-state index contributed by atoms with van der Waals surface area (Å²) in [5.74, 6) is -0.995. The number of thiazole rings is 1. The van der Waals surface area contributed by atoms with Crippen molar-refractivity contribution in [1.29, 1.82) is 0 Å². The number of fused-ring (bicyclic) bond motifs is 4. The number of ether oxygens (including phenoxy) is 1. The molecule has 2 bridgehead atoms. The largest absolute Gasteiger partial charge is 0.508 e. The van der Waals surface area contributed by atoms with Gasteiger partial charge >= 0.3 is 6.01 Å². The highest BCUT2D eigenvalue weighted by Crippen LogP contribution is 2.42. The Balaban J connectivity index is 0.730. The van der Waals surface area contributed by atoms with Crippen molar-refractivity contribution < 1.29 is 47.3 Å². The lowest BCUT2D eigenvalue weighted by atomic mass is 9.85. The van der Waals surface area contributed by atoms with E-state index in [9.17, 15) is 33.8 Å². The maximum absolute atomic E-state index is 17.3. The Morgan fingerprint density at radius 2 is 1.67 bits per heavy atom. The van der Waals surface area contributed by atoms with Crippen molar-refractivity contribution in [3.8, 4) is 45.8 Å². The number of halogens is 3. The number of aromatic hydroxyl groups is 1. The van der Waals surface area contributed by atoms with E-state index in [1.165, 1.54) is 46.7 Å². The van der Waals surface area contributed by atoms with E-state index in [1.807, 2.05) is 31.2 Å². The lowest BCUT2D eigenvalue weighted by molar-refractivity contribution is -0.145. The summed E-state index contributed by atoms with van der Waals surface area (Å²) < 4.78 is 53.8.